The molecule has 0 saturated carbocycles. The Morgan fingerprint density at radius 3 is 2.25 bits per heavy atom. The minimum Gasteiger partial charge on any atom is -0.460 e. The highest BCUT2D eigenvalue weighted by Gasteiger charge is 2.50. The van der Waals surface area contributed by atoms with Crippen LogP contribution < -0.4 is 5.32 Å². The molecule has 0 bridgehead atoms. The van der Waals surface area contributed by atoms with Gasteiger partial charge in [-0.2, -0.15) is 13.2 Å². The van der Waals surface area contributed by atoms with Crippen LogP contribution in [0.1, 0.15) is 20.8 Å². The molecule has 0 aromatic carbocycles. The van der Waals surface area contributed by atoms with Crippen LogP contribution in [-0.2, 0) is 9.53 Å². The molecule has 0 aliphatic carbocycles. The number of hydrogen-bond acceptors (Lipinski definition) is 3. The number of rotatable bonds is 1. The van der Waals surface area contributed by atoms with Gasteiger partial charge in [-0.1, -0.05) is 0 Å². The Morgan fingerprint density at radius 2 is 1.81 bits per heavy atom. The molecule has 0 unspecified atom stereocenters. The summed E-state index contributed by atoms with van der Waals surface area (Å²) in [6.45, 7) is 4.72. The number of hydrogen-bond donors (Lipinski definition) is 1. The lowest BCUT2D eigenvalue weighted by Gasteiger charge is -2.25. The Kier molecular flexibility index (Phi) is 3.52. The van der Waals surface area contributed by atoms with E-state index in [-0.39, 0.29) is 13.1 Å². The highest BCUT2D eigenvalue weighted by molar-refractivity contribution is 5.74. The molecule has 0 amide bonds. The fraction of sp³-hybridized carbons (Fsp3) is 0.900. The van der Waals surface area contributed by atoms with Gasteiger partial charge < -0.3 is 10.1 Å². The summed E-state index contributed by atoms with van der Waals surface area (Å²) in [6.07, 6.45) is -4.36. The van der Waals surface area contributed by atoms with Crippen LogP contribution in [0.3, 0.4) is 0 Å². The summed E-state index contributed by atoms with van der Waals surface area (Å²) in [5.41, 5.74) is -0.754. The van der Waals surface area contributed by atoms with E-state index in [0.29, 0.717) is 0 Å². The summed E-state index contributed by atoms with van der Waals surface area (Å²) in [6, 6.07) is 0. The van der Waals surface area contributed by atoms with E-state index in [1.165, 1.54) is 0 Å². The monoisotopic (exact) mass is 239 g/mol. The van der Waals surface area contributed by atoms with Crippen molar-refractivity contribution in [2.24, 2.45) is 11.8 Å². The van der Waals surface area contributed by atoms with Crippen LogP contribution in [0.5, 0.6) is 0 Å². The molecule has 1 rings (SSSR count). The van der Waals surface area contributed by atoms with Crippen molar-refractivity contribution in [3.8, 4) is 0 Å². The van der Waals surface area contributed by atoms with Gasteiger partial charge >= 0.3 is 12.1 Å². The minimum atomic E-state index is -4.36. The van der Waals surface area contributed by atoms with Gasteiger partial charge in [-0.15, -0.1) is 0 Å². The number of carbonyl (C=O) groups is 1. The third-order valence-electron chi connectivity index (χ3n) is 2.34. The molecule has 1 heterocycles. The molecule has 0 aromatic rings. The molecule has 16 heavy (non-hydrogen) atoms. The van der Waals surface area contributed by atoms with Crippen molar-refractivity contribution in [1.82, 2.24) is 5.32 Å². The van der Waals surface area contributed by atoms with E-state index >= 15 is 0 Å². The van der Waals surface area contributed by atoms with Crippen LogP contribution in [0.25, 0.3) is 0 Å². The molecule has 94 valence electrons. The third kappa shape index (κ3) is 3.37. The molecule has 2 atom stereocenters. The molecule has 0 aromatic heterocycles. The second-order valence-electron chi connectivity index (χ2n) is 4.95. The molecule has 0 spiro atoms. The quantitative estimate of drug-likeness (QED) is 0.708. The lowest BCUT2D eigenvalue weighted by Crippen LogP contribution is -2.37. The van der Waals surface area contributed by atoms with Crippen molar-refractivity contribution < 1.29 is 22.7 Å². The summed E-state index contributed by atoms with van der Waals surface area (Å²) in [5, 5.41) is 2.57. The van der Waals surface area contributed by atoms with Crippen molar-refractivity contribution in [2.75, 3.05) is 13.1 Å². The first-order valence-electron chi connectivity index (χ1n) is 5.11. The van der Waals surface area contributed by atoms with E-state index in [4.69, 9.17) is 4.74 Å². The van der Waals surface area contributed by atoms with Gasteiger partial charge in [-0.3, -0.25) is 4.79 Å². The lowest BCUT2D eigenvalue weighted by molar-refractivity contribution is -0.194. The predicted molar refractivity (Wildman–Crippen MR) is 51.7 cm³/mol. The first-order chi connectivity index (χ1) is 7.11. The second-order valence-corrected chi connectivity index (χ2v) is 4.95. The fourth-order valence-corrected chi connectivity index (χ4v) is 1.65. The maximum absolute atomic E-state index is 12.6. The van der Waals surface area contributed by atoms with Gasteiger partial charge in [0.15, 0.2) is 0 Å². The van der Waals surface area contributed by atoms with Gasteiger partial charge in [0, 0.05) is 13.1 Å². The molecule has 6 heteroatoms. The molecule has 1 aliphatic heterocycles. The van der Waals surface area contributed by atoms with Crippen molar-refractivity contribution >= 4 is 5.97 Å². The van der Waals surface area contributed by atoms with Crippen LogP contribution in [0.4, 0.5) is 13.2 Å². The van der Waals surface area contributed by atoms with Gasteiger partial charge in [0.1, 0.15) is 5.60 Å². The average molecular weight is 239 g/mol. The van der Waals surface area contributed by atoms with Gasteiger partial charge in [0.05, 0.1) is 11.8 Å². The Hall–Kier alpha value is -0.780. The van der Waals surface area contributed by atoms with Crippen LogP contribution in [-0.4, -0.2) is 30.8 Å². The predicted octanol–water partition coefficient (Wildman–Crippen LogP) is 1.73. The van der Waals surface area contributed by atoms with E-state index in [9.17, 15) is 18.0 Å². The first-order valence-corrected chi connectivity index (χ1v) is 5.11. The minimum absolute atomic E-state index is 0.0269. The first kappa shape index (κ1) is 13.3. The zero-order valence-electron chi connectivity index (χ0n) is 9.52. The standard InChI is InChI=1S/C10H16F3NO2/c1-9(2,3)16-8(15)6-4-14-5-7(6)10(11,12)13/h6-7,14H,4-5H2,1-3H3/t6-,7+/m0/s1. The average Bonchev–Trinajstić information content (AvgIpc) is 2.45. The zero-order chi connectivity index (χ0) is 12.6. The van der Waals surface area contributed by atoms with E-state index < -0.39 is 29.6 Å². The summed E-state index contributed by atoms with van der Waals surface area (Å²) in [5.74, 6) is -3.54. The number of alkyl halides is 3. The Bertz CT molecular complexity index is 270. The van der Waals surface area contributed by atoms with Crippen LogP contribution in [0.2, 0.25) is 0 Å². The van der Waals surface area contributed by atoms with Crippen LogP contribution in [0, 0.1) is 11.8 Å². The number of carbonyl (C=O) groups excluding carboxylic acids is 1. The van der Waals surface area contributed by atoms with Crippen molar-refractivity contribution in [1.29, 1.82) is 0 Å². The van der Waals surface area contributed by atoms with E-state index in [1.807, 2.05) is 0 Å². The van der Waals surface area contributed by atoms with E-state index in [1.54, 1.807) is 20.8 Å². The zero-order valence-corrected chi connectivity index (χ0v) is 9.52. The molecule has 1 N–H and O–H groups in total. The Morgan fingerprint density at radius 1 is 1.25 bits per heavy atom. The van der Waals surface area contributed by atoms with Gasteiger partial charge in [-0.25, -0.2) is 0 Å². The van der Waals surface area contributed by atoms with Gasteiger partial charge in [0.25, 0.3) is 0 Å². The van der Waals surface area contributed by atoms with E-state index in [2.05, 4.69) is 5.32 Å². The number of halogens is 3. The molecule has 1 saturated heterocycles. The summed E-state index contributed by atoms with van der Waals surface area (Å²) < 4.78 is 42.6. The molecular weight excluding hydrogens is 223 g/mol. The summed E-state index contributed by atoms with van der Waals surface area (Å²) in [7, 11) is 0. The highest BCUT2D eigenvalue weighted by Crippen LogP contribution is 2.35. The normalized spacial score (nSPS) is 26.9. The topological polar surface area (TPSA) is 38.3 Å². The largest absolute Gasteiger partial charge is 0.460 e. The second kappa shape index (κ2) is 4.24. The number of ether oxygens (including phenoxy) is 1. The highest BCUT2D eigenvalue weighted by atomic mass is 19.4. The van der Waals surface area contributed by atoms with Crippen LogP contribution >= 0.6 is 0 Å². The molecular formula is C10H16F3NO2. The van der Waals surface area contributed by atoms with Crippen molar-refractivity contribution in [3.05, 3.63) is 0 Å². The molecule has 0 radical (unpaired) electrons. The molecule has 3 nitrogen and oxygen atoms in total. The van der Waals surface area contributed by atoms with Crippen LogP contribution in [0.15, 0.2) is 0 Å². The smallest absolute Gasteiger partial charge is 0.393 e. The third-order valence-corrected chi connectivity index (χ3v) is 2.34. The lowest BCUT2D eigenvalue weighted by atomic mass is 9.95. The molecule has 1 aliphatic rings. The Labute approximate surface area is 92.3 Å². The van der Waals surface area contributed by atoms with E-state index in [0.717, 1.165) is 0 Å². The fourth-order valence-electron chi connectivity index (χ4n) is 1.65. The molecule has 1 fully saturated rings. The Balaban J connectivity index is 2.69. The summed E-state index contributed by atoms with van der Waals surface area (Å²) in [4.78, 5) is 11.6. The SMILES string of the molecule is CC(C)(C)OC(=O)[C@H]1CNC[C@H]1C(F)(F)F. The number of nitrogens with one attached hydrogen (secondary N) is 1. The maximum Gasteiger partial charge on any atom is 0.393 e. The van der Waals surface area contributed by atoms with Crippen molar-refractivity contribution in [2.45, 2.75) is 32.5 Å². The van der Waals surface area contributed by atoms with Gasteiger partial charge in [0.2, 0.25) is 0 Å². The van der Waals surface area contributed by atoms with Crippen molar-refractivity contribution in [3.63, 3.8) is 0 Å². The number of esters is 1. The van der Waals surface area contributed by atoms with Gasteiger partial charge in [-0.05, 0) is 20.8 Å². The maximum atomic E-state index is 12.6. The summed E-state index contributed by atoms with van der Waals surface area (Å²) >= 11 is 0.